The van der Waals surface area contributed by atoms with E-state index in [-0.39, 0.29) is 11.2 Å². The van der Waals surface area contributed by atoms with Crippen molar-refractivity contribution in [2.45, 2.75) is 38.9 Å². The van der Waals surface area contributed by atoms with E-state index >= 15 is 0 Å². The number of fused-ring (bicyclic) bond motifs is 1. The highest BCUT2D eigenvalue weighted by molar-refractivity contribution is 6.63. The Hall–Kier alpha value is -1.66. The summed E-state index contributed by atoms with van der Waals surface area (Å²) in [6.45, 7) is 8.11. The molecule has 0 bridgehead atoms. The van der Waals surface area contributed by atoms with Crippen LogP contribution in [0.1, 0.15) is 27.7 Å². The Balaban J connectivity index is 2.08. The number of aromatic nitrogens is 2. The quantitative estimate of drug-likeness (QED) is 0.790. The zero-order valence-corrected chi connectivity index (χ0v) is 13.0. The van der Waals surface area contributed by atoms with E-state index < -0.39 is 7.12 Å². The lowest BCUT2D eigenvalue weighted by atomic mass is 9.78. The molecule has 0 N–H and O–H groups in total. The van der Waals surface area contributed by atoms with Gasteiger partial charge in [-0.1, -0.05) is 0 Å². The minimum atomic E-state index is -0.476. The molecule has 0 aliphatic carbocycles. The van der Waals surface area contributed by atoms with E-state index in [9.17, 15) is 0 Å². The molecule has 1 fully saturated rings. The fourth-order valence-corrected chi connectivity index (χ4v) is 2.34. The van der Waals surface area contributed by atoms with E-state index in [1.807, 2.05) is 39.8 Å². The maximum atomic E-state index is 6.09. The summed E-state index contributed by atoms with van der Waals surface area (Å²) in [5, 5.41) is 0. The summed E-state index contributed by atoms with van der Waals surface area (Å²) in [4.78, 5) is 8.62. The van der Waals surface area contributed by atoms with Crippen LogP contribution < -0.4 is 10.2 Å². The number of methoxy groups -OCH3 is 1. The van der Waals surface area contributed by atoms with Crippen molar-refractivity contribution in [3.63, 3.8) is 0 Å². The smallest absolute Gasteiger partial charge is 0.497 e. The Morgan fingerprint density at radius 2 is 1.48 bits per heavy atom. The Morgan fingerprint density at radius 3 is 2.00 bits per heavy atom. The Bertz CT molecular complexity index is 672. The second-order valence-electron chi connectivity index (χ2n) is 6.23. The average molecular weight is 286 g/mol. The summed E-state index contributed by atoms with van der Waals surface area (Å²) in [6.07, 6.45) is 3.33. The lowest BCUT2D eigenvalue weighted by Crippen LogP contribution is -2.41. The van der Waals surface area contributed by atoms with Gasteiger partial charge in [0.15, 0.2) is 0 Å². The summed E-state index contributed by atoms with van der Waals surface area (Å²) in [7, 11) is 1.16. The van der Waals surface area contributed by atoms with Crippen LogP contribution in [-0.2, 0) is 9.31 Å². The largest absolute Gasteiger partial charge is 0.498 e. The maximum Gasteiger partial charge on any atom is 0.498 e. The second kappa shape index (κ2) is 4.68. The van der Waals surface area contributed by atoms with Crippen molar-refractivity contribution in [3.05, 3.63) is 24.5 Å². The zero-order chi connectivity index (χ0) is 15.3. The minimum Gasteiger partial charge on any atom is -0.497 e. The van der Waals surface area contributed by atoms with E-state index in [2.05, 4.69) is 9.97 Å². The molecule has 0 saturated carbocycles. The van der Waals surface area contributed by atoms with Crippen LogP contribution in [0.15, 0.2) is 24.5 Å². The van der Waals surface area contributed by atoms with Crippen LogP contribution in [0.25, 0.3) is 11.0 Å². The molecule has 1 saturated heterocycles. The number of nitrogens with zero attached hydrogens (tertiary/aromatic N) is 2. The highest BCUT2D eigenvalue weighted by Gasteiger charge is 2.52. The number of hydrogen-bond acceptors (Lipinski definition) is 5. The molecule has 3 rings (SSSR count). The fraction of sp³-hybridized carbons (Fsp3) is 0.467. The molecule has 5 nitrogen and oxygen atoms in total. The highest BCUT2D eigenvalue weighted by atomic mass is 16.7. The third kappa shape index (κ3) is 2.28. The Labute approximate surface area is 124 Å². The van der Waals surface area contributed by atoms with Crippen molar-refractivity contribution in [3.8, 4) is 5.75 Å². The van der Waals surface area contributed by atoms with E-state index in [4.69, 9.17) is 14.0 Å². The van der Waals surface area contributed by atoms with Crippen LogP contribution in [0.3, 0.4) is 0 Å². The monoisotopic (exact) mass is 286 g/mol. The van der Waals surface area contributed by atoms with Gasteiger partial charge in [0.2, 0.25) is 0 Å². The van der Waals surface area contributed by atoms with Gasteiger partial charge in [-0.25, -0.2) is 0 Å². The predicted octanol–water partition coefficient (Wildman–Crippen LogP) is 1.94. The standard InChI is InChI=1S/C15H19BN2O3/c1-14(2)15(3,4)21-16(20-14)10-8-11-12(9-13(10)19-5)18-7-6-17-11/h6-9H,1-5H3. The van der Waals surface area contributed by atoms with E-state index in [0.717, 1.165) is 16.5 Å². The molecule has 6 heteroatoms. The third-order valence-electron chi connectivity index (χ3n) is 4.33. The number of ether oxygens (including phenoxy) is 1. The molecule has 0 unspecified atom stereocenters. The first-order valence-corrected chi connectivity index (χ1v) is 6.98. The zero-order valence-electron chi connectivity index (χ0n) is 13.0. The van der Waals surface area contributed by atoms with Crippen molar-refractivity contribution in [2.24, 2.45) is 0 Å². The van der Waals surface area contributed by atoms with Crippen LogP contribution in [0.4, 0.5) is 0 Å². The minimum absolute atomic E-state index is 0.389. The van der Waals surface area contributed by atoms with Gasteiger partial charge in [0.25, 0.3) is 0 Å². The third-order valence-corrected chi connectivity index (χ3v) is 4.33. The predicted molar refractivity (Wildman–Crippen MR) is 81.8 cm³/mol. The highest BCUT2D eigenvalue weighted by Crippen LogP contribution is 2.37. The van der Waals surface area contributed by atoms with E-state index in [1.54, 1.807) is 19.5 Å². The van der Waals surface area contributed by atoms with Crippen LogP contribution in [0.2, 0.25) is 0 Å². The van der Waals surface area contributed by atoms with Crippen molar-refractivity contribution in [2.75, 3.05) is 7.11 Å². The van der Waals surface area contributed by atoms with Gasteiger partial charge in [0.1, 0.15) is 5.75 Å². The molecule has 2 heterocycles. The summed E-state index contributed by atoms with van der Waals surface area (Å²) in [6, 6.07) is 3.78. The summed E-state index contributed by atoms with van der Waals surface area (Å²) < 4.78 is 17.7. The van der Waals surface area contributed by atoms with Gasteiger partial charge >= 0.3 is 7.12 Å². The SMILES string of the molecule is COc1cc2nccnc2cc1B1OC(C)(C)C(C)(C)O1. The first-order valence-electron chi connectivity index (χ1n) is 6.98. The molecule has 0 amide bonds. The second-order valence-corrected chi connectivity index (χ2v) is 6.23. The van der Waals surface area contributed by atoms with Gasteiger partial charge in [-0.3, -0.25) is 9.97 Å². The average Bonchev–Trinajstić information content (AvgIpc) is 2.66. The van der Waals surface area contributed by atoms with Gasteiger partial charge in [-0.15, -0.1) is 0 Å². The van der Waals surface area contributed by atoms with Gasteiger partial charge in [0, 0.05) is 23.9 Å². The molecule has 0 atom stereocenters. The molecular weight excluding hydrogens is 267 g/mol. The van der Waals surface area contributed by atoms with Crippen molar-refractivity contribution in [1.29, 1.82) is 0 Å². The molecule has 1 aromatic heterocycles. The topological polar surface area (TPSA) is 53.5 Å². The number of benzene rings is 1. The lowest BCUT2D eigenvalue weighted by molar-refractivity contribution is 0.00578. The van der Waals surface area contributed by atoms with Gasteiger partial charge in [-0.05, 0) is 33.8 Å². The molecule has 110 valence electrons. The lowest BCUT2D eigenvalue weighted by Gasteiger charge is -2.32. The molecular formula is C15H19BN2O3. The molecule has 1 aliphatic rings. The Morgan fingerprint density at radius 1 is 0.952 bits per heavy atom. The summed E-state index contributed by atoms with van der Waals surface area (Å²) in [5.74, 6) is 0.696. The summed E-state index contributed by atoms with van der Waals surface area (Å²) >= 11 is 0. The van der Waals surface area contributed by atoms with Crippen LogP contribution in [0, 0.1) is 0 Å². The number of hydrogen-bond donors (Lipinski definition) is 0. The first-order chi connectivity index (χ1) is 9.84. The van der Waals surface area contributed by atoms with Gasteiger partial charge in [-0.2, -0.15) is 0 Å². The molecule has 0 spiro atoms. The fourth-order valence-electron chi connectivity index (χ4n) is 2.34. The maximum absolute atomic E-state index is 6.09. The molecule has 1 aromatic carbocycles. The van der Waals surface area contributed by atoms with Crippen LogP contribution in [0.5, 0.6) is 5.75 Å². The van der Waals surface area contributed by atoms with Crippen molar-refractivity contribution >= 4 is 23.6 Å². The van der Waals surface area contributed by atoms with Crippen molar-refractivity contribution in [1.82, 2.24) is 9.97 Å². The van der Waals surface area contributed by atoms with Crippen LogP contribution >= 0.6 is 0 Å². The molecule has 0 radical (unpaired) electrons. The van der Waals surface area contributed by atoms with E-state index in [1.165, 1.54) is 0 Å². The van der Waals surface area contributed by atoms with Crippen molar-refractivity contribution < 1.29 is 14.0 Å². The number of rotatable bonds is 2. The first kappa shape index (κ1) is 14.3. The normalized spacial score (nSPS) is 20.0. The molecule has 1 aliphatic heterocycles. The van der Waals surface area contributed by atoms with Gasteiger partial charge < -0.3 is 14.0 Å². The molecule has 21 heavy (non-hydrogen) atoms. The van der Waals surface area contributed by atoms with Crippen LogP contribution in [-0.4, -0.2) is 35.4 Å². The summed E-state index contributed by atoms with van der Waals surface area (Å²) in [5.41, 5.74) is 1.64. The van der Waals surface area contributed by atoms with E-state index in [0.29, 0.717) is 5.75 Å². The Kier molecular flexibility index (Phi) is 3.18. The van der Waals surface area contributed by atoms with Gasteiger partial charge in [0.05, 0.1) is 29.3 Å². The molecule has 2 aromatic rings.